The summed E-state index contributed by atoms with van der Waals surface area (Å²) in [5.74, 6) is -0.0453. The third-order valence-corrected chi connectivity index (χ3v) is 5.58. The van der Waals surface area contributed by atoms with Gasteiger partial charge in [-0.1, -0.05) is 18.2 Å². The molecule has 1 N–H and O–H groups in total. The van der Waals surface area contributed by atoms with Crippen LogP contribution in [-0.4, -0.2) is 15.3 Å². The van der Waals surface area contributed by atoms with Gasteiger partial charge in [0.05, 0.1) is 8.66 Å². The van der Waals surface area contributed by atoms with Crippen LogP contribution in [-0.2, 0) is 0 Å². The van der Waals surface area contributed by atoms with E-state index in [2.05, 4.69) is 30.6 Å². The summed E-state index contributed by atoms with van der Waals surface area (Å²) < 4.78 is 10.4. The molecular weight excluding hydrogens is 426 g/mol. The number of carbonyl (C=O) groups is 1. The lowest BCUT2D eigenvalue weighted by molar-refractivity contribution is 0.102. The van der Waals surface area contributed by atoms with Crippen molar-refractivity contribution in [1.82, 2.24) is 9.36 Å². The minimum absolute atomic E-state index is 0.0747. The lowest BCUT2D eigenvalue weighted by Gasteiger charge is -2.01. The molecule has 3 aromatic heterocycles. The summed E-state index contributed by atoms with van der Waals surface area (Å²) in [4.78, 5) is 29.6. The molecule has 0 saturated carbocycles. The number of amides is 1. The smallest absolute Gasteiger partial charge is 0.349 e. The molecule has 0 aliphatic carbocycles. The van der Waals surface area contributed by atoms with Gasteiger partial charge in [-0.05, 0) is 40.2 Å². The fourth-order valence-electron chi connectivity index (χ4n) is 2.19. The average molecular weight is 434 g/mol. The topological polar surface area (TPSA) is 85.1 Å². The highest BCUT2D eigenvalue weighted by Crippen LogP contribution is 2.31. The molecule has 3 heterocycles. The number of rotatable bonds is 3. The van der Waals surface area contributed by atoms with Gasteiger partial charge < -0.3 is 4.42 Å². The molecular formula is C16H8BrN3O3S2. The van der Waals surface area contributed by atoms with Gasteiger partial charge in [0.15, 0.2) is 5.82 Å². The van der Waals surface area contributed by atoms with Crippen molar-refractivity contribution in [3.05, 3.63) is 62.2 Å². The maximum atomic E-state index is 12.4. The number of halogens is 1. The Morgan fingerprint density at radius 2 is 2.04 bits per heavy atom. The molecule has 4 aromatic rings. The van der Waals surface area contributed by atoms with Gasteiger partial charge in [-0.15, -0.1) is 11.3 Å². The Morgan fingerprint density at radius 1 is 1.20 bits per heavy atom. The Labute approximate surface area is 157 Å². The summed E-state index contributed by atoms with van der Waals surface area (Å²) in [6.07, 6.45) is 0. The van der Waals surface area contributed by atoms with Crippen LogP contribution in [0.15, 0.2) is 55.5 Å². The third kappa shape index (κ3) is 3.26. The van der Waals surface area contributed by atoms with Crippen LogP contribution in [0.3, 0.4) is 0 Å². The predicted octanol–water partition coefficient (Wildman–Crippen LogP) is 4.39. The van der Waals surface area contributed by atoms with Crippen molar-refractivity contribution in [3.8, 4) is 10.7 Å². The third-order valence-electron chi connectivity index (χ3n) is 3.33. The van der Waals surface area contributed by atoms with E-state index in [1.54, 1.807) is 24.3 Å². The Hall–Kier alpha value is -2.36. The van der Waals surface area contributed by atoms with E-state index < -0.39 is 11.5 Å². The summed E-state index contributed by atoms with van der Waals surface area (Å²) in [5.41, 5.74) is -0.331. The van der Waals surface area contributed by atoms with Crippen molar-refractivity contribution >= 4 is 60.8 Å². The fourth-order valence-corrected chi connectivity index (χ4v) is 4.15. The second-order valence-electron chi connectivity index (χ2n) is 4.97. The highest BCUT2D eigenvalue weighted by molar-refractivity contribution is 9.11. The lowest BCUT2D eigenvalue weighted by Crippen LogP contribution is -2.20. The van der Waals surface area contributed by atoms with Gasteiger partial charge in [0.25, 0.3) is 5.91 Å². The molecule has 124 valence electrons. The monoisotopic (exact) mass is 433 g/mol. The summed E-state index contributed by atoms with van der Waals surface area (Å²) >= 11 is 5.93. The van der Waals surface area contributed by atoms with Crippen molar-refractivity contribution in [2.75, 3.05) is 5.32 Å². The lowest BCUT2D eigenvalue weighted by atomic mass is 10.2. The Balaban J connectivity index is 1.61. The molecule has 9 heteroatoms. The zero-order valence-corrected chi connectivity index (χ0v) is 15.6. The Bertz CT molecular complexity index is 1150. The Kier molecular flexibility index (Phi) is 4.20. The Morgan fingerprint density at radius 3 is 2.84 bits per heavy atom. The molecule has 0 saturated heterocycles. The number of aromatic nitrogens is 2. The van der Waals surface area contributed by atoms with Crippen LogP contribution in [0.25, 0.3) is 21.7 Å². The van der Waals surface area contributed by atoms with Gasteiger partial charge in [-0.2, -0.15) is 9.36 Å². The first-order valence-corrected chi connectivity index (χ1v) is 9.42. The van der Waals surface area contributed by atoms with E-state index in [1.165, 1.54) is 17.4 Å². The normalized spacial score (nSPS) is 10.9. The maximum absolute atomic E-state index is 12.4. The minimum atomic E-state index is -0.692. The zero-order chi connectivity index (χ0) is 17.4. The summed E-state index contributed by atoms with van der Waals surface area (Å²) in [7, 11) is 0. The van der Waals surface area contributed by atoms with Crippen molar-refractivity contribution in [2.24, 2.45) is 0 Å². The molecule has 0 atom stereocenters. The molecule has 0 bridgehead atoms. The first kappa shape index (κ1) is 16.1. The van der Waals surface area contributed by atoms with E-state index in [0.717, 1.165) is 20.2 Å². The van der Waals surface area contributed by atoms with Gasteiger partial charge in [-0.25, -0.2) is 4.79 Å². The van der Waals surface area contributed by atoms with Crippen molar-refractivity contribution in [3.63, 3.8) is 0 Å². The van der Waals surface area contributed by atoms with Crippen LogP contribution in [0, 0.1) is 0 Å². The first-order chi connectivity index (χ1) is 12.1. The molecule has 0 unspecified atom stereocenters. The standard InChI is InChI=1S/C16H8BrN3O3S2/c17-12-6-5-11(24-12)13-18-16(25-20-13)19-14(21)9-7-8-3-1-2-4-10(8)23-15(9)22/h1-7H,(H,18,19,20,21). The van der Waals surface area contributed by atoms with Crippen molar-refractivity contribution < 1.29 is 9.21 Å². The van der Waals surface area contributed by atoms with Gasteiger partial charge in [0.2, 0.25) is 5.13 Å². The number of hydrogen-bond acceptors (Lipinski definition) is 7. The highest BCUT2D eigenvalue weighted by Gasteiger charge is 2.16. The molecule has 6 nitrogen and oxygen atoms in total. The number of nitrogens with one attached hydrogen (secondary N) is 1. The number of carbonyl (C=O) groups excluding carboxylic acids is 1. The number of para-hydroxylation sites is 1. The van der Waals surface area contributed by atoms with Crippen LogP contribution >= 0.6 is 38.8 Å². The van der Waals surface area contributed by atoms with Gasteiger partial charge in [-0.3, -0.25) is 10.1 Å². The van der Waals surface area contributed by atoms with Crippen LogP contribution in [0.2, 0.25) is 0 Å². The summed E-state index contributed by atoms with van der Waals surface area (Å²) in [6, 6.07) is 12.3. The van der Waals surface area contributed by atoms with Crippen LogP contribution in [0.4, 0.5) is 5.13 Å². The van der Waals surface area contributed by atoms with Crippen molar-refractivity contribution in [2.45, 2.75) is 0 Å². The van der Waals surface area contributed by atoms with Gasteiger partial charge in [0, 0.05) is 16.9 Å². The predicted molar refractivity (Wildman–Crippen MR) is 101 cm³/mol. The number of benzene rings is 1. The van der Waals surface area contributed by atoms with E-state index in [1.807, 2.05) is 12.1 Å². The molecule has 0 aliphatic heterocycles. The van der Waals surface area contributed by atoms with Crippen molar-refractivity contribution in [1.29, 1.82) is 0 Å². The van der Waals surface area contributed by atoms with E-state index in [4.69, 9.17) is 4.42 Å². The molecule has 0 aliphatic rings. The van der Waals surface area contributed by atoms with Crippen LogP contribution in [0.5, 0.6) is 0 Å². The second kappa shape index (κ2) is 6.51. The molecule has 0 fully saturated rings. The summed E-state index contributed by atoms with van der Waals surface area (Å²) in [5, 5.41) is 3.59. The molecule has 25 heavy (non-hydrogen) atoms. The molecule has 1 amide bonds. The van der Waals surface area contributed by atoms with E-state index >= 15 is 0 Å². The largest absolute Gasteiger partial charge is 0.422 e. The zero-order valence-electron chi connectivity index (χ0n) is 12.4. The fraction of sp³-hybridized carbons (Fsp3) is 0. The quantitative estimate of drug-likeness (QED) is 0.484. The number of nitrogens with zero attached hydrogens (tertiary/aromatic N) is 2. The van der Waals surface area contributed by atoms with Crippen LogP contribution in [0.1, 0.15) is 10.4 Å². The van der Waals surface area contributed by atoms with E-state index in [9.17, 15) is 9.59 Å². The maximum Gasteiger partial charge on any atom is 0.349 e. The van der Waals surface area contributed by atoms with E-state index in [0.29, 0.717) is 21.9 Å². The molecule has 0 radical (unpaired) electrons. The number of fused-ring (bicyclic) bond motifs is 1. The van der Waals surface area contributed by atoms with Gasteiger partial charge in [0.1, 0.15) is 11.1 Å². The second-order valence-corrected chi connectivity index (χ2v) is 8.18. The molecule has 1 aromatic carbocycles. The number of anilines is 1. The SMILES string of the molecule is O=C(Nc1nc(-c2ccc(Br)s2)ns1)c1cc2ccccc2oc1=O. The van der Waals surface area contributed by atoms with Gasteiger partial charge >= 0.3 is 5.63 Å². The molecule has 0 spiro atoms. The molecule has 4 rings (SSSR count). The summed E-state index contributed by atoms with van der Waals surface area (Å²) in [6.45, 7) is 0. The average Bonchev–Trinajstić information content (AvgIpc) is 3.23. The number of thiophene rings is 1. The van der Waals surface area contributed by atoms with Crippen LogP contribution < -0.4 is 10.9 Å². The highest BCUT2D eigenvalue weighted by atomic mass is 79.9. The minimum Gasteiger partial charge on any atom is -0.422 e. The number of hydrogen-bond donors (Lipinski definition) is 1. The first-order valence-electron chi connectivity index (χ1n) is 7.04. The van der Waals surface area contributed by atoms with E-state index in [-0.39, 0.29) is 5.56 Å².